The van der Waals surface area contributed by atoms with Crippen molar-refractivity contribution in [1.82, 2.24) is 10.2 Å². The lowest BCUT2D eigenvalue weighted by molar-refractivity contribution is -0.135. The molecule has 0 aliphatic carbocycles. The maximum absolute atomic E-state index is 12.4. The molecule has 1 fully saturated rings. The van der Waals surface area contributed by atoms with Crippen molar-refractivity contribution in [2.75, 3.05) is 13.1 Å². The number of amides is 2. The van der Waals surface area contributed by atoms with Gasteiger partial charge in [-0.05, 0) is 17.8 Å². The molecule has 4 nitrogen and oxygen atoms in total. The van der Waals surface area contributed by atoms with Crippen molar-refractivity contribution >= 4 is 11.8 Å². The molecule has 0 spiro atoms. The van der Waals surface area contributed by atoms with E-state index < -0.39 is 0 Å². The Bertz CT molecular complexity index is 324. The molecule has 0 aromatic rings. The average molecular weight is 254 g/mol. The summed E-state index contributed by atoms with van der Waals surface area (Å²) >= 11 is 0. The van der Waals surface area contributed by atoms with E-state index in [9.17, 15) is 9.59 Å². The van der Waals surface area contributed by atoms with Gasteiger partial charge in [-0.25, -0.2) is 0 Å². The molecule has 1 aliphatic heterocycles. The zero-order chi connectivity index (χ0) is 13.9. The summed E-state index contributed by atoms with van der Waals surface area (Å²) in [6.07, 6.45) is 1.43. The largest absolute Gasteiger partial charge is 0.344 e. The van der Waals surface area contributed by atoms with Crippen molar-refractivity contribution < 1.29 is 9.59 Å². The smallest absolute Gasteiger partial charge is 0.245 e. The van der Waals surface area contributed by atoms with E-state index in [-0.39, 0.29) is 29.2 Å². The van der Waals surface area contributed by atoms with E-state index in [1.54, 1.807) is 0 Å². The average Bonchev–Trinajstić information content (AvgIpc) is 2.42. The SMILES string of the molecule is CCC(C)(C)CN1CCC(=O)NC(C(C)C)C1=O. The summed E-state index contributed by atoms with van der Waals surface area (Å²) in [5.74, 6) is 0.183. The Morgan fingerprint density at radius 3 is 2.50 bits per heavy atom. The van der Waals surface area contributed by atoms with Gasteiger partial charge in [-0.2, -0.15) is 0 Å². The third-order valence-electron chi connectivity index (χ3n) is 3.75. The normalized spacial score (nSPS) is 22.1. The van der Waals surface area contributed by atoms with E-state index in [2.05, 4.69) is 26.1 Å². The summed E-state index contributed by atoms with van der Waals surface area (Å²) in [5, 5.41) is 2.83. The van der Waals surface area contributed by atoms with Crippen LogP contribution in [0.5, 0.6) is 0 Å². The van der Waals surface area contributed by atoms with Crippen LogP contribution < -0.4 is 5.32 Å². The molecule has 0 radical (unpaired) electrons. The quantitative estimate of drug-likeness (QED) is 0.831. The van der Waals surface area contributed by atoms with Gasteiger partial charge in [0.05, 0.1) is 0 Å². The maximum Gasteiger partial charge on any atom is 0.245 e. The second-order valence-corrected chi connectivity index (χ2v) is 6.32. The summed E-state index contributed by atoms with van der Waals surface area (Å²) in [6.45, 7) is 11.6. The number of hydrogen-bond donors (Lipinski definition) is 1. The molecule has 18 heavy (non-hydrogen) atoms. The number of carbonyl (C=O) groups is 2. The van der Waals surface area contributed by atoms with Gasteiger partial charge < -0.3 is 10.2 Å². The third kappa shape index (κ3) is 3.72. The monoisotopic (exact) mass is 254 g/mol. The van der Waals surface area contributed by atoms with Crippen LogP contribution in [0.15, 0.2) is 0 Å². The first-order valence-corrected chi connectivity index (χ1v) is 6.85. The second-order valence-electron chi connectivity index (χ2n) is 6.32. The highest BCUT2D eigenvalue weighted by Crippen LogP contribution is 2.23. The van der Waals surface area contributed by atoms with Crippen LogP contribution in [-0.2, 0) is 9.59 Å². The van der Waals surface area contributed by atoms with Gasteiger partial charge in [-0.15, -0.1) is 0 Å². The molecule has 1 N–H and O–H groups in total. The van der Waals surface area contributed by atoms with Crippen molar-refractivity contribution in [3.8, 4) is 0 Å². The minimum atomic E-state index is -0.368. The molecule has 0 saturated carbocycles. The Kier molecular flexibility index (Phi) is 4.77. The number of rotatable bonds is 4. The van der Waals surface area contributed by atoms with E-state index >= 15 is 0 Å². The highest BCUT2D eigenvalue weighted by molar-refractivity contribution is 5.90. The molecule has 0 aromatic carbocycles. The fraction of sp³-hybridized carbons (Fsp3) is 0.857. The van der Waals surface area contributed by atoms with Gasteiger partial charge in [0.2, 0.25) is 11.8 Å². The Labute approximate surface area is 110 Å². The summed E-state index contributed by atoms with van der Waals surface area (Å²) in [7, 11) is 0. The fourth-order valence-corrected chi connectivity index (χ4v) is 2.09. The van der Waals surface area contributed by atoms with Gasteiger partial charge in [0, 0.05) is 19.5 Å². The molecule has 4 heteroatoms. The molecule has 0 bridgehead atoms. The van der Waals surface area contributed by atoms with Crippen molar-refractivity contribution in [2.45, 2.75) is 53.5 Å². The van der Waals surface area contributed by atoms with Crippen LogP contribution in [0.25, 0.3) is 0 Å². The molecule has 1 atom stereocenters. The highest BCUT2D eigenvalue weighted by atomic mass is 16.2. The predicted octanol–water partition coefficient (Wildman–Crippen LogP) is 1.80. The number of hydrogen-bond acceptors (Lipinski definition) is 2. The van der Waals surface area contributed by atoms with Crippen LogP contribution in [0.3, 0.4) is 0 Å². The van der Waals surface area contributed by atoms with Crippen molar-refractivity contribution in [3.63, 3.8) is 0 Å². The third-order valence-corrected chi connectivity index (χ3v) is 3.75. The number of carbonyl (C=O) groups excluding carboxylic acids is 2. The highest BCUT2D eigenvalue weighted by Gasteiger charge is 2.34. The molecule has 104 valence electrons. The fourth-order valence-electron chi connectivity index (χ4n) is 2.09. The van der Waals surface area contributed by atoms with Crippen LogP contribution in [0.4, 0.5) is 0 Å². The summed E-state index contributed by atoms with van der Waals surface area (Å²) < 4.78 is 0. The Morgan fingerprint density at radius 2 is 2.00 bits per heavy atom. The molecular weight excluding hydrogens is 228 g/mol. The zero-order valence-corrected chi connectivity index (χ0v) is 12.2. The van der Waals surface area contributed by atoms with E-state index in [1.807, 2.05) is 18.7 Å². The van der Waals surface area contributed by atoms with Crippen molar-refractivity contribution in [2.24, 2.45) is 11.3 Å². The number of nitrogens with zero attached hydrogens (tertiary/aromatic N) is 1. The maximum atomic E-state index is 12.4. The van der Waals surface area contributed by atoms with Gasteiger partial charge in [0.25, 0.3) is 0 Å². The molecule has 0 aromatic heterocycles. The first-order valence-electron chi connectivity index (χ1n) is 6.85. The van der Waals surface area contributed by atoms with Gasteiger partial charge in [-0.1, -0.05) is 34.6 Å². The van der Waals surface area contributed by atoms with Crippen LogP contribution in [-0.4, -0.2) is 35.8 Å². The molecule has 1 aliphatic rings. The van der Waals surface area contributed by atoms with E-state index in [0.29, 0.717) is 13.0 Å². The minimum Gasteiger partial charge on any atom is -0.344 e. The summed E-state index contributed by atoms with van der Waals surface area (Å²) in [4.78, 5) is 25.9. The number of nitrogens with one attached hydrogen (secondary N) is 1. The van der Waals surface area contributed by atoms with Crippen LogP contribution >= 0.6 is 0 Å². The Balaban J connectivity index is 2.84. The molecule has 1 unspecified atom stereocenters. The van der Waals surface area contributed by atoms with Crippen LogP contribution in [0.1, 0.15) is 47.5 Å². The molecular formula is C14H26N2O2. The Hall–Kier alpha value is -1.06. The zero-order valence-electron chi connectivity index (χ0n) is 12.2. The van der Waals surface area contributed by atoms with Gasteiger partial charge in [-0.3, -0.25) is 9.59 Å². The van der Waals surface area contributed by atoms with Crippen molar-refractivity contribution in [3.05, 3.63) is 0 Å². The minimum absolute atomic E-state index is 0.0149. The molecule has 2 amide bonds. The molecule has 1 heterocycles. The van der Waals surface area contributed by atoms with Crippen LogP contribution in [0.2, 0.25) is 0 Å². The lowest BCUT2D eigenvalue weighted by Gasteiger charge is -2.33. The molecule has 1 rings (SSSR count). The van der Waals surface area contributed by atoms with Gasteiger partial charge in [0.15, 0.2) is 0 Å². The predicted molar refractivity (Wildman–Crippen MR) is 72.0 cm³/mol. The van der Waals surface area contributed by atoms with Crippen LogP contribution in [0, 0.1) is 11.3 Å². The van der Waals surface area contributed by atoms with Crippen molar-refractivity contribution in [1.29, 1.82) is 0 Å². The lowest BCUT2D eigenvalue weighted by atomic mass is 9.89. The van der Waals surface area contributed by atoms with E-state index in [4.69, 9.17) is 0 Å². The van der Waals surface area contributed by atoms with Gasteiger partial charge >= 0.3 is 0 Å². The topological polar surface area (TPSA) is 49.4 Å². The first kappa shape index (κ1) is 15.0. The summed E-state index contributed by atoms with van der Waals surface area (Å²) in [5.41, 5.74) is 0.102. The summed E-state index contributed by atoms with van der Waals surface area (Å²) in [6, 6.07) is -0.368. The second kappa shape index (κ2) is 5.72. The standard InChI is InChI=1S/C14H26N2O2/c1-6-14(4,5)9-16-8-7-11(17)15-12(10(2)3)13(16)18/h10,12H,6-9H2,1-5H3,(H,15,17). The lowest BCUT2D eigenvalue weighted by Crippen LogP contribution is -2.49. The van der Waals surface area contributed by atoms with E-state index in [0.717, 1.165) is 13.0 Å². The van der Waals surface area contributed by atoms with E-state index in [1.165, 1.54) is 0 Å². The van der Waals surface area contributed by atoms with Gasteiger partial charge in [0.1, 0.15) is 6.04 Å². The first-order chi connectivity index (χ1) is 8.26. The Morgan fingerprint density at radius 1 is 1.39 bits per heavy atom. The molecule has 1 saturated heterocycles.